The molecule has 0 aliphatic heterocycles. The molecule has 2 rings (SSSR count). The standard InChI is InChI=1S/C19H26N4O2/c1-21-17(14-9-11-15(12-10-14)18(20)24)13-22(2)19(25)23(3)16-7-5-4-6-8-16/h9-13,16H,1,4-8H2,2-3H3,(H2,20,24). The van der Waals surface area contributed by atoms with Gasteiger partial charge < -0.3 is 15.5 Å². The van der Waals surface area contributed by atoms with E-state index in [2.05, 4.69) is 11.7 Å². The van der Waals surface area contributed by atoms with Crippen LogP contribution in [0.15, 0.2) is 35.5 Å². The van der Waals surface area contributed by atoms with Gasteiger partial charge in [-0.2, -0.15) is 0 Å². The minimum Gasteiger partial charge on any atom is -0.366 e. The van der Waals surface area contributed by atoms with Crippen molar-refractivity contribution >= 4 is 24.4 Å². The number of nitrogens with zero attached hydrogens (tertiary/aromatic N) is 3. The second-order valence-electron chi connectivity index (χ2n) is 6.41. The Bertz CT molecular complexity index is 661. The van der Waals surface area contributed by atoms with E-state index >= 15 is 0 Å². The van der Waals surface area contributed by atoms with Crippen LogP contribution in [0.4, 0.5) is 4.79 Å². The van der Waals surface area contributed by atoms with E-state index < -0.39 is 5.91 Å². The van der Waals surface area contributed by atoms with Gasteiger partial charge in [0.1, 0.15) is 0 Å². The van der Waals surface area contributed by atoms with E-state index in [1.807, 2.05) is 11.9 Å². The van der Waals surface area contributed by atoms with Gasteiger partial charge in [-0.3, -0.25) is 9.79 Å². The fourth-order valence-electron chi connectivity index (χ4n) is 3.12. The molecule has 6 nitrogen and oxygen atoms in total. The normalized spacial score (nSPS) is 15.5. The number of carbonyl (C=O) groups is 2. The Morgan fingerprint density at radius 3 is 2.20 bits per heavy atom. The summed E-state index contributed by atoms with van der Waals surface area (Å²) in [6.45, 7) is 3.58. The largest absolute Gasteiger partial charge is 0.366 e. The molecule has 1 fully saturated rings. The highest BCUT2D eigenvalue weighted by molar-refractivity contribution is 5.93. The molecule has 0 heterocycles. The summed E-state index contributed by atoms with van der Waals surface area (Å²) in [7, 11) is 3.57. The second-order valence-corrected chi connectivity index (χ2v) is 6.41. The predicted octanol–water partition coefficient (Wildman–Crippen LogP) is 3.10. The van der Waals surface area contributed by atoms with Crippen molar-refractivity contribution in [1.82, 2.24) is 9.80 Å². The maximum absolute atomic E-state index is 12.7. The molecule has 0 unspecified atom stereocenters. The van der Waals surface area contributed by atoms with Crippen LogP contribution in [-0.2, 0) is 0 Å². The maximum atomic E-state index is 12.7. The molecule has 3 amide bonds. The fourth-order valence-corrected chi connectivity index (χ4v) is 3.12. The van der Waals surface area contributed by atoms with Crippen LogP contribution in [0.1, 0.15) is 48.0 Å². The van der Waals surface area contributed by atoms with Crippen LogP contribution in [-0.4, -0.2) is 48.6 Å². The number of urea groups is 1. The van der Waals surface area contributed by atoms with E-state index in [-0.39, 0.29) is 6.03 Å². The average molecular weight is 342 g/mol. The van der Waals surface area contributed by atoms with Crippen molar-refractivity contribution in [2.24, 2.45) is 10.7 Å². The molecule has 6 heteroatoms. The lowest BCUT2D eigenvalue weighted by molar-refractivity contribution is 0.1000. The Morgan fingerprint density at radius 2 is 1.68 bits per heavy atom. The molecule has 1 aliphatic rings. The summed E-state index contributed by atoms with van der Waals surface area (Å²) in [5.41, 5.74) is 7.00. The maximum Gasteiger partial charge on any atom is 0.323 e. The van der Waals surface area contributed by atoms with Gasteiger partial charge in [0.25, 0.3) is 0 Å². The number of carbonyl (C=O) groups excluding carboxylic acids is 2. The monoisotopic (exact) mass is 342 g/mol. The lowest BCUT2D eigenvalue weighted by Gasteiger charge is -2.33. The van der Waals surface area contributed by atoms with E-state index in [0.29, 0.717) is 17.3 Å². The van der Waals surface area contributed by atoms with E-state index in [4.69, 9.17) is 5.73 Å². The van der Waals surface area contributed by atoms with Crippen molar-refractivity contribution in [2.75, 3.05) is 14.1 Å². The lowest BCUT2D eigenvalue weighted by Crippen LogP contribution is -2.43. The first-order valence-corrected chi connectivity index (χ1v) is 8.52. The number of hydrogen-bond acceptors (Lipinski definition) is 3. The van der Waals surface area contributed by atoms with Gasteiger partial charge in [-0.05, 0) is 31.7 Å². The molecule has 134 valence electrons. The Hall–Kier alpha value is -2.63. The van der Waals surface area contributed by atoms with Crippen molar-refractivity contribution in [3.63, 3.8) is 0 Å². The molecular formula is C19H26N4O2. The van der Waals surface area contributed by atoms with Gasteiger partial charge in [0, 0.05) is 37.5 Å². The Morgan fingerprint density at radius 1 is 1.12 bits per heavy atom. The molecule has 1 aromatic carbocycles. The SMILES string of the molecule is C=NC(=CN(C)C(=O)N(C)C1CCCCC1)c1ccc(C(N)=O)cc1. The summed E-state index contributed by atoms with van der Waals surface area (Å²) in [4.78, 5) is 31.2. The highest BCUT2D eigenvalue weighted by Crippen LogP contribution is 2.23. The van der Waals surface area contributed by atoms with E-state index in [0.717, 1.165) is 18.4 Å². The molecule has 0 bridgehead atoms. The van der Waals surface area contributed by atoms with E-state index in [1.54, 1.807) is 37.5 Å². The van der Waals surface area contributed by atoms with Crippen LogP contribution >= 0.6 is 0 Å². The average Bonchev–Trinajstić information content (AvgIpc) is 2.65. The summed E-state index contributed by atoms with van der Waals surface area (Å²) in [5, 5.41) is 0. The zero-order valence-electron chi connectivity index (χ0n) is 14.9. The van der Waals surface area contributed by atoms with E-state index in [1.165, 1.54) is 24.2 Å². The summed E-state index contributed by atoms with van der Waals surface area (Å²) >= 11 is 0. The molecule has 25 heavy (non-hydrogen) atoms. The molecular weight excluding hydrogens is 316 g/mol. The van der Waals surface area contributed by atoms with Crippen LogP contribution in [0, 0.1) is 0 Å². The minimum absolute atomic E-state index is 0.0678. The quantitative estimate of drug-likeness (QED) is 0.835. The number of aliphatic imine (C=N–C) groups is 1. The molecule has 1 aliphatic carbocycles. The number of benzene rings is 1. The van der Waals surface area contributed by atoms with Crippen LogP contribution in [0.25, 0.3) is 5.70 Å². The van der Waals surface area contributed by atoms with Gasteiger partial charge >= 0.3 is 6.03 Å². The third-order valence-electron chi connectivity index (χ3n) is 4.68. The van der Waals surface area contributed by atoms with Gasteiger partial charge in [0.05, 0.1) is 5.70 Å². The Kier molecular flexibility index (Phi) is 6.33. The minimum atomic E-state index is -0.481. The van der Waals surface area contributed by atoms with Gasteiger partial charge in [-0.1, -0.05) is 31.4 Å². The van der Waals surface area contributed by atoms with Gasteiger partial charge in [0.2, 0.25) is 5.91 Å². The molecule has 2 N–H and O–H groups in total. The van der Waals surface area contributed by atoms with Crippen molar-refractivity contribution < 1.29 is 9.59 Å². The summed E-state index contributed by atoms with van der Waals surface area (Å²) in [5.74, 6) is -0.481. The molecule has 1 saturated carbocycles. The molecule has 1 aromatic rings. The number of rotatable bonds is 5. The number of primary amides is 1. The number of amides is 3. The smallest absolute Gasteiger partial charge is 0.323 e. The predicted molar refractivity (Wildman–Crippen MR) is 100 cm³/mol. The zero-order chi connectivity index (χ0) is 18.4. The number of nitrogens with two attached hydrogens (primary N) is 1. The third kappa shape index (κ3) is 4.68. The first kappa shape index (κ1) is 18.7. The highest BCUT2D eigenvalue weighted by atomic mass is 16.2. The van der Waals surface area contributed by atoms with Crippen LogP contribution < -0.4 is 5.73 Å². The molecule has 0 atom stereocenters. The van der Waals surface area contributed by atoms with E-state index in [9.17, 15) is 9.59 Å². The van der Waals surface area contributed by atoms with Crippen molar-refractivity contribution in [3.8, 4) is 0 Å². The topological polar surface area (TPSA) is 79.0 Å². The molecule has 0 radical (unpaired) electrons. The van der Waals surface area contributed by atoms with Crippen LogP contribution in [0.2, 0.25) is 0 Å². The number of hydrogen-bond donors (Lipinski definition) is 1. The Balaban J connectivity index is 2.12. The Labute approximate surface area is 149 Å². The first-order chi connectivity index (χ1) is 11.9. The van der Waals surface area contributed by atoms with Crippen LogP contribution in [0.3, 0.4) is 0 Å². The molecule has 0 spiro atoms. The van der Waals surface area contributed by atoms with Crippen LogP contribution in [0.5, 0.6) is 0 Å². The molecule has 0 aromatic heterocycles. The van der Waals surface area contributed by atoms with Crippen molar-refractivity contribution in [1.29, 1.82) is 0 Å². The highest BCUT2D eigenvalue weighted by Gasteiger charge is 2.23. The first-order valence-electron chi connectivity index (χ1n) is 8.52. The summed E-state index contributed by atoms with van der Waals surface area (Å²) in [6.07, 6.45) is 7.37. The fraction of sp³-hybridized carbons (Fsp3) is 0.421. The van der Waals surface area contributed by atoms with Gasteiger partial charge in [-0.15, -0.1) is 0 Å². The summed E-state index contributed by atoms with van der Waals surface area (Å²) in [6, 6.07) is 6.97. The second kappa shape index (κ2) is 8.46. The lowest BCUT2D eigenvalue weighted by atomic mass is 9.95. The van der Waals surface area contributed by atoms with Crippen molar-refractivity contribution in [2.45, 2.75) is 38.1 Å². The molecule has 0 saturated heterocycles. The zero-order valence-corrected chi connectivity index (χ0v) is 14.9. The van der Waals surface area contributed by atoms with Gasteiger partial charge in [0.15, 0.2) is 0 Å². The van der Waals surface area contributed by atoms with Gasteiger partial charge in [-0.25, -0.2) is 4.79 Å². The van der Waals surface area contributed by atoms with Crippen molar-refractivity contribution in [3.05, 3.63) is 41.6 Å². The summed E-state index contributed by atoms with van der Waals surface area (Å²) < 4.78 is 0. The third-order valence-corrected chi connectivity index (χ3v) is 4.68.